The summed E-state index contributed by atoms with van der Waals surface area (Å²) in [5.74, 6) is -1.33. The van der Waals surface area contributed by atoms with Gasteiger partial charge in [0, 0.05) is 5.75 Å². The molecule has 13 heavy (non-hydrogen) atoms. The molecule has 7 heteroatoms. The molecule has 76 valence electrons. The number of carboxylic acid groups (broad SMARTS) is 1. The first-order valence-electron chi connectivity index (χ1n) is 3.44. The van der Waals surface area contributed by atoms with Crippen molar-refractivity contribution in [3.05, 3.63) is 0 Å². The van der Waals surface area contributed by atoms with Crippen molar-refractivity contribution in [2.45, 2.75) is 17.5 Å². The van der Waals surface area contributed by atoms with Gasteiger partial charge in [-0.05, 0) is 0 Å². The van der Waals surface area contributed by atoms with E-state index in [1.807, 2.05) is 0 Å². The molecule has 0 spiro atoms. The fraction of sp³-hybridized carbons (Fsp3) is 0.833. The molecule has 0 aliphatic carbocycles. The van der Waals surface area contributed by atoms with Crippen molar-refractivity contribution < 1.29 is 27.8 Å². The number of thioether (sulfide) groups is 1. The second-order valence-corrected chi connectivity index (χ2v) is 3.87. The largest absolute Gasteiger partial charge is 0.481 e. The monoisotopic (exact) mass is 216 g/mol. The van der Waals surface area contributed by atoms with Crippen LogP contribution in [0.2, 0.25) is 0 Å². The normalized spacial score (nSPS) is 29.2. The average molecular weight is 216 g/mol. The minimum absolute atomic E-state index is 0.0581. The molecule has 1 saturated heterocycles. The summed E-state index contributed by atoms with van der Waals surface area (Å²) < 4.78 is 41.6. The summed E-state index contributed by atoms with van der Waals surface area (Å²) in [6.45, 7) is -0.0581. The number of carbonyl (C=O) groups is 1. The van der Waals surface area contributed by atoms with Crippen LogP contribution in [0, 0.1) is 0 Å². The van der Waals surface area contributed by atoms with Gasteiger partial charge < -0.3 is 9.84 Å². The van der Waals surface area contributed by atoms with Gasteiger partial charge in [-0.1, -0.05) is 0 Å². The Morgan fingerprint density at radius 1 is 1.62 bits per heavy atom. The van der Waals surface area contributed by atoms with E-state index < -0.39 is 23.5 Å². The van der Waals surface area contributed by atoms with Crippen LogP contribution in [0.4, 0.5) is 13.2 Å². The lowest BCUT2D eigenvalue weighted by molar-refractivity contribution is -0.234. The highest BCUT2D eigenvalue weighted by molar-refractivity contribution is 8.00. The second kappa shape index (κ2) is 3.38. The minimum atomic E-state index is -4.63. The van der Waals surface area contributed by atoms with E-state index in [4.69, 9.17) is 5.11 Å². The van der Waals surface area contributed by atoms with Crippen molar-refractivity contribution in [1.82, 2.24) is 0 Å². The summed E-state index contributed by atoms with van der Waals surface area (Å²) in [5, 5.41) is 8.31. The number of halogens is 3. The Bertz CT molecular complexity index is 210. The van der Waals surface area contributed by atoms with Gasteiger partial charge in [0.1, 0.15) is 0 Å². The Balaban J connectivity index is 2.81. The van der Waals surface area contributed by atoms with Crippen LogP contribution in [0.3, 0.4) is 0 Å². The van der Waals surface area contributed by atoms with E-state index in [-0.39, 0.29) is 12.4 Å². The van der Waals surface area contributed by atoms with Gasteiger partial charge in [-0.2, -0.15) is 13.2 Å². The highest BCUT2D eigenvalue weighted by Crippen LogP contribution is 2.48. The van der Waals surface area contributed by atoms with Gasteiger partial charge >= 0.3 is 12.1 Å². The van der Waals surface area contributed by atoms with Crippen LogP contribution in [0.5, 0.6) is 0 Å². The predicted molar refractivity (Wildman–Crippen MR) is 39.4 cm³/mol. The SMILES string of the molecule is O=C(O)CC1(C(F)(F)F)OCCS1. The van der Waals surface area contributed by atoms with Crippen molar-refractivity contribution in [1.29, 1.82) is 0 Å². The van der Waals surface area contributed by atoms with Crippen molar-refractivity contribution >= 4 is 17.7 Å². The van der Waals surface area contributed by atoms with E-state index in [9.17, 15) is 18.0 Å². The minimum Gasteiger partial charge on any atom is -0.481 e. The fourth-order valence-electron chi connectivity index (χ4n) is 1.02. The number of carboxylic acids is 1. The first-order chi connectivity index (χ1) is 5.87. The third-order valence-corrected chi connectivity index (χ3v) is 2.90. The van der Waals surface area contributed by atoms with Gasteiger partial charge in [-0.3, -0.25) is 4.79 Å². The van der Waals surface area contributed by atoms with E-state index in [2.05, 4.69) is 4.74 Å². The standard InChI is InChI=1S/C6H7F3O3S/c7-6(8,9)5(3-4(10)11)12-1-2-13-5/h1-3H2,(H,10,11). The zero-order valence-electron chi connectivity index (χ0n) is 6.43. The Morgan fingerprint density at radius 2 is 2.23 bits per heavy atom. The van der Waals surface area contributed by atoms with Crippen LogP contribution in [0.1, 0.15) is 6.42 Å². The maximum atomic E-state index is 12.4. The molecule has 0 amide bonds. The lowest BCUT2D eigenvalue weighted by Gasteiger charge is -2.27. The summed E-state index contributed by atoms with van der Waals surface area (Å²) in [4.78, 5) is 7.68. The summed E-state index contributed by atoms with van der Waals surface area (Å²) in [6, 6.07) is 0. The number of alkyl halides is 3. The molecule has 1 atom stereocenters. The smallest absolute Gasteiger partial charge is 0.427 e. The average Bonchev–Trinajstić information content (AvgIpc) is 2.33. The molecule has 1 fully saturated rings. The number of aliphatic carboxylic acids is 1. The maximum Gasteiger partial charge on any atom is 0.427 e. The molecule has 1 aliphatic heterocycles. The van der Waals surface area contributed by atoms with Crippen LogP contribution in [0.15, 0.2) is 0 Å². The molecule has 3 nitrogen and oxygen atoms in total. The molecule has 0 radical (unpaired) electrons. The Kier molecular flexibility index (Phi) is 2.76. The molecule has 1 unspecified atom stereocenters. The summed E-state index contributed by atoms with van der Waals surface area (Å²) in [6.07, 6.45) is -5.67. The van der Waals surface area contributed by atoms with E-state index in [1.54, 1.807) is 0 Å². The van der Waals surface area contributed by atoms with E-state index >= 15 is 0 Å². The van der Waals surface area contributed by atoms with E-state index in [0.717, 1.165) is 0 Å². The summed E-state index contributed by atoms with van der Waals surface area (Å²) in [5.41, 5.74) is 0. The van der Waals surface area contributed by atoms with Gasteiger partial charge in [0.25, 0.3) is 0 Å². The summed E-state index contributed by atoms with van der Waals surface area (Å²) >= 11 is 0.497. The number of rotatable bonds is 2. The molecular formula is C6H7F3O3S. The van der Waals surface area contributed by atoms with E-state index in [0.29, 0.717) is 11.8 Å². The molecule has 0 aromatic carbocycles. The first-order valence-corrected chi connectivity index (χ1v) is 4.42. The van der Waals surface area contributed by atoms with Gasteiger partial charge in [0.15, 0.2) is 0 Å². The molecule has 1 heterocycles. The number of ether oxygens (including phenoxy) is 1. The van der Waals surface area contributed by atoms with Crippen LogP contribution in [-0.4, -0.2) is 34.5 Å². The van der Waals surface area contributed by atoms with Crippen LogP contribution < -0.4 is 0 Å². The van der Waals surface area contributed by atoms with Crippen LogP contribution in [-0.2, 0) is 9.53 Å². The van der Waals surface area contributed by atoms with Gasteiger partial charge in [-0.15, -0.1) is 11.8 Å². The molecule has 0 saturated carbocycles. The molecule has 0 aromatic rings. The highest BCUT2D eigenvalue weighted by Gasteiger charge is 2.59. The van der Waals surface area contributed by atoms with Crippen LogP contribution >= 0.6 is 11.8 Å². The lowest BCUT2D eigenvalue weighted by Crippen LogP contribution is -2.43. The third kappa shape index (κ3) is 2.08. The van der Waals surface area contributed by atoms with Crippen molar-refractivity contribution in [2.24, 2.45) is 0 Å². The molecule has 1 rings (SSSR count). The highest BCUT2D eigenvalue weighted by atomic mass is 32.2. The van der Waals surface area contributed by atoms with E-state index in [1.165, 1.54) is 0 Å². The molecule has 0 aromatic heterocycles. The fourth-order valence-corrected chi connectivity index (χ4v) is 2.07. The molecule has 0 bridgehead atoms. The Labute approximate surface area is 76.2 Å². The second-order valence-electron chi connectivity index (χ2n) is 2.52. The summed E-state index contributed by atoms with van der Waals surface area (Å²) in [7, 11) is 0. The lowest BCUT2D eigenvalue weighted by atomic mass is 10.2. The van der Waals surface area contributed by atoms with Gasteiger partial charge in [0.05, 0.1) is 13.0 Å². The van der Waals surface area contributed by atoms with Gasteiger partial charge in [0.2, 0.25) is 4.93 Å². The topological polar surface area (TPSA) is 46.5 Å². The predicted octanol–water partition coefficient (Wildman–Crippen LogP) is 1.48. The number of hydrogen-bond donors (Lipinski definition) is 1. The zero-order valence-corrected chi connectivity index (χ0v) is 7.24. The Hall–Kier alpha value is -0.430. The first kappa shape index (κ1) is 10.6. The quantitative estimate of drug-likeness (QED) is 0.759. The molecule has 1 N–H and O–H groups in total. The van der Waals surface area contributed by atoms with Crippen molar-refractivity contribution in [2.75, 3.05) is 12.4 Å². The zero-order chi connectivity index (χ0) is 10.1. The molecular weight excluding hydrogens is 209 g/mol. The van der Waals surface area contributed by atoms with Gasteiger partial charge in [-0.25, -0.2) is 0 Å². The van der Waals surface area contributed by atoms with Crippen molar-refractivity contribution in [3.63, 3.8) is 0 Å². The molecule has 1 aliphatic rings. The van der Waals surface area contributed by atoms with Crippen LogP contribution in [0.25, 0.3) is 0 Å². The van der Waals surface area contributed by atoms with Crippen molar-refractivity contribution in [3.8, 4) is 0 Å². The maximum absolute atomic E-state index is 12.4. The Morgan fingerprint density at radius 3 is 2.54 bits per heavy atom. The third-order valence-electron chi connectivity index (χ3n) is 1.57. The number of hydrogen-bond acceptors (Lipinski definition) is 3.